The number of carbonyl (C=O) groups excluding carboxylic acids is 2. The van der Waals surface area contributed by atoms with E-state index in [-0.39, 0.29) is 11.9 Å². The van der Waals surface area contributed by atoms with Crippen LogP contribution in [0.3, 0.4) is 0 Å². The number of nitrogens with zero attached hydrogens (tertiary/aromatic N) is 2. The minimum atomic E-state index is -0.215. The van der Waals surface area contributed by atoms with Crippen molar-refractivity contribution in [2.24, 2.45) is 11.8 Å². The topological polar surface area (TPSA) is 64.7 Å². The number of nitrogens with one attached hydrogen (secondary N) is 2. The molecule has 30 heavy (non-hydrogen) atoms. The Morgan fingerprint density at radius 3 is 2.27 bits per heavy atom. The van der Waals surface area contributed by atoms with E-state index in [0.717, 1.165) is 76.3 Å². The van der Waals surface area contributed by atoms with E-state index in [2.05, 4.69) is 36.3 Å². The largest absolute Gasteiger partial charge is 0.371 e. The summed E-state index contributed by atoms with van der Waals surface area (Å²) in [5.41, 5.74) is 2.39. The summed E-state index contributed by atoms with van der Waals surface area (Å²) >= 11 is 0. The number of anilines is 2. The van der Waals surface area contributed by atoms with Crippen LogP contribution in [0.2, 0.25) is 0 Å². The zero-order chi connectivity index (χ0) is 21.5. The highest BCUT2D eigenvalue weighted by Gasteiger charge is 2.26. The van der Waals surface area contributed by atoms with Crippen molar-refractivity contribution in [3.63, 3.8) is 0 Å². The van der Waals surface area contributed by atoms with E-state index in [0.29, 0.717) is 23.7 Å². The summed E-state index contributed by atoms with van der Waals surface area (Å²) in [6, 6.07) is 5.58. The highest BCUT2D eigenvalue weighted by atomic mass is 16.2. The Labute approximate surface area is 181 Å². The van der Waals surface area contributed by atoms with Gasteiger partial charge in [0.05, 0.1) is 5.56 Å². The first-order valence-corrected chi connectivity index (χ1v) is 11.7. The number of benzene rings is 1. The molecule has 2 aliphatic rings. The van der Waals surface area contributed by atoms with E-state index in [1.165, 1.54) is 0 Å². The summed E-state index contributed by atoms with van der Waals surface area (Å²) in [6.07, 6.45) is 6.40. The molecule has 6 heteroatoms. The second kappa shape index (κ2) is 10.7. The molecule has 3 amide bonds. The first kappa shape index (κ1) is 22.4. The minimum Gasteiger partial charge on any atom is -0.371 e. The summed E-state index contributed by atoms with van der Waals surface area (Å²) < 4.78 is 0. The van der Waals surface area contributed by atoms with E-state index < -0.39 is 0 Å². The standard InChI is InChI=1S/C24H38N4O2/c1-4-5-12-25-24(30)26-20-6-7-22(27-13-8-18(2)9-14-27)21(17-20)23(29)28-15-10-19(3)11-16-28/h6-7,17-19H,4-5,8-16H2,1-3H3,(H2,25,26,30). The van der Waals surface area contributed by atoms with Gasteiger partial charge in [0.2, 0.25) is 0 Å². The number of rotatable bonds is 6. The van der Waals surface area contributed by atoms with Crippen LogP contribution in [0.25, 0.3) is 0 Å². The molecule has 1 aromatic carbocycles. The lowest BCUT2D eigenvalue weighted by Gasteiger charge is -2.35. The quantitative estimate of drug-likeness (QED) is 0.662. The van der Waals surface area contributed by atoms with Gasteiger partial charge in [-0.05, 0) is 62.1 Å². The Hall–Kier alpha value is -2.24. The minimum absolute atomic E-state index is 0.0885. The third kappa shape index (κ3) is 5.89. The van der Waals surface area contributed by atoms with Gasteiger partial charge in [-0.1, -0.05) is 27.2 Å². The molecule has 0 saturated carbocycles. The molecule has 3 rings (SSSR count). The van der Waals surface area contributed by atoms with Crippen LogP contribution in [0.15, 0.2) is 18.2 Å². The van der Waals surface area contributed by atoms with E-state index in [1.54, 1.807) is 0 Å². The molecule has 1 aromatic rings. The highest BCUT2D eigenvalue weighted by molar-refractivity contribution is 6.02. The van der Waals surface area contributed by atoms with Crippen LogP contribution in [0.4, 0.5) is 16.2 Å². The summed E-state index contributed by atoms with van der Waals surface area (Å²) in [5, 5.41) is 5.78. The Bertz CT molecular complexity index is 720. The van der Waals surface area contributed by atoms with Crippen molar-refractivity contribution in [2.45, 2.75) is 59.3 Å². The van der Waals surface area contributed by atoms with Gasteiger partial charge in [-0.15, -0.1) is 0 Å². The number of amides is 3. The third-order valence-corrected chi connectivity index (χ3v) is 6.50. The maximum Gasteiger partial charge on any atom is 0.319 e. The molecule has 2 aliphatic heterocycles. The summed E-state index contributed by atoms with van der Waals surface area (Å²) in [7, 11) is 0. The predicted molar refractivity (Wildman–Crippen MR) is 123 cm³/mol. The molecule has 6 nitrogen and oxygen atoms in total. The van der Waals surface area contributed by atoms with Gasteiger partial charge in [0.1, 0.15) is 0 Å². The predicted octanol–water partition coefficient (Wildman–Crippen LogP) is 4.72. The van der Waals surface area contributed by atoms with E-state index in [9.17, 15) is 9.59 Å². The number of piperidine rings is 2. The normalized spacial score (nSPS) is 18.4. The van der Waals surface area contributed by atoms with Crippen molar-refractivity contribution in [1.82, 2.24) is 10.2 Å². The van der Waals surface area contributed by atoms with Crippen LogP contribution in [0.5, 0.6) is 0 Å². The lowest BCUT2D eigenvalue weighted by Crippen LogP contribution is -2.40. The van der Waals surface area contributed by atoms with Crippen LogP contribution < -0.4 is 15.5 Å². The van der Waals surface area contributed by atoms with Gasteiger partial charge in [-0.3, -0.25) is 4.79 Å². The van der Waals surface area contributed by atoms with Crippen molar-refractivity contribution < 1.29 is 9.59 Å². The maximum absolute atomic E-state index is 13.5. The molecule has 0 radical (unpaired) electrons. The van der Waals surface area contributed by atoms with E-state index in [4.69, 9.17) is 0 Å². The Balaban J connectivity index is 1.79. The molecule has 0 aliphatic carbocycles. The fraction of sp³-hybridized carbons (Fsp3) is 0.667. The monoisotopic (exact) mass is 414 g/mol. The third-order valence-electron chi connectivity index (χ3n) is 6.50. The SMILES string of the molecule is CCCCNC(=O)Nc1ccc(N2CCC(C)CC2)c(C(=O)N2CCC(C)CC2)c1. The second-order valence-electron chi connectivity index (χ2n) is 9.11. The Morgan fingerprint density at radius 2 is 1.63 bits per heavy atom. The fourth-order valence-corrected chi connectivity index (χ4v) is 4.25. The van der Waals surface area contributed by atoms with Gasteiger partial charge in [0, 0.05) is 44.1 Å². The van der Waals surface area contributed by atoms with Crippen molar-refractivity contribution in [3.05, 3.63) is 23.8 Å². The second-order valence-corrected chi connectivity index (χ2v) is 9.11. The number of hydrogen-bond donors (Lipinski definition) is 2. The number of hydrogen-bond acceptors (Lipinski definition) is 3. The zero-order valence-corrected chi connectivity index (χ0v) is 18.9. The fourth-order valence-electron chi connectivity index (χ4n) is 4.25. The van der Waals surface area contributed by atoms with Crippen LogP contribution in [0.1, 0.15) is 69.7 Å². The molecule has 0 atom stereocenters. The van der Waals surface area contributed by atoms with Crippen molar-refractivity contribution in [2.75, 3.05) is 42.9 Å². The Morgan fingerprint density at radius 1 is 1.00 bits per heavy atom. The van der Waals surface area contributed by atoms with Crippen LogP contribution in [0, 0.1) is 11.8 Å². The van der Waals surface area contributed by atoms with Gasteiger partial charge < -0.3 is 20.4 Å². The smallest absolute Gasteiger partial charge is 0.319 e. The van der Waals surface area contributed by atoms with Crippen molar-refractivity contribution >= 4 is 23.3 Å². The van der Waals surface area contributed by atoms with Crippen molar-refractivity contribution in [1.29, 1.82) is 0 Å². The van der Waals surface area contributed by atoms with Gasteiger partial charge in [-0.25, -0.2) is 4.79 Å². The van der Waals surface area contributed by atoms with Gasteiger partial charge in [0.15, 0.2) is 0 Å². The van der Waals surface area contributed by atoms with Crippen molar-refractivity contribution in [3.8, 4) is 0 Å². The molecule has 0 bridgehead atoms. The molecule has 2 saturated heterocycles. The maximum atomic E-state index is 13.5. The molecule has 0 spiro atoms. The van der Waals surface area contributed by atoms with Gasteiger partial charge in [0.25, 0.3) is 5.91 Å². The molecular formula is C24H38N4O2. The van der Waals surface area contributed by atoms with Crippen LogP contribution >= 0.6 is 0 Å². The molecule has 2 heterocycles. The summed E-state index contributed by atoms with van der Waals surface area (Å²) in [4.78, 5) is 30.0. The molecule has 2 N–H and O–H groups in total. The molecule has 0 unspecified atom stereocenters. The highest BCUT2D eigenvalue weighted by Crippen LogP contribution is 2.30. The number of unbranched alkanes of at least 4 members (excludes halogenated alkanes) is 1. The van der Waals surface area contributed by atoms with E-state index >= 15 is 0 Å². The van der Waals surface area contributed by atoms with Crippen LogP contribution in [-0.4, -0.2) is 49.6 Å². The average Bonchev–Trinajstić information content (AvgIpc) is 2.75. The lowest BCUT2D eigenvalue weighted by molar-refractivity contribution is 0.0697. The average molecular weight is 415 g/mol. The molecule has 166 valence electrons. The lowest BCUT2D eigenvalue weighted by atomic mass is 9.96. The zero-order valence-electron chi connectivity index (χ0n) is 18.9. The van der Waals surface area contributed by atoms with E-state index in [1.807, 2.05) is 23.1 Å². The number of likely N-dealkylation sites (tertiary alicyclic amines) is 1. The first-order valence-electron chi connectivity index (χ1n) is 11.7. The summed E-state index contributed by atoms with van der Waals surface area (Å²) in [6.45, 7) is 10.9. The van der Waals surface area contributed by atoms with Gasteiger partial charge in [-0.2, -0.15) is 0 Å². The first-order chi connectivity index (χ1) is 14.5. The molecule has 2 fully saturated rings. The molecular weight excluding hydrogens is 376 g/mol. The van der Waals surface area contributed by atoms with Crippen LogP contribution in [-0.2, 0) is 0 Å². The summed E-state index contributed by atoms with van der Waals surface area (Å²) in [5.74, 6) is 1.50. The molecule has 0 aromatic heterocycles. The Kier molecular flexibility index (Phi) is 8.00. The van der Waals surface area contributed by atoms with Gasteiger partial charge >= 0.3 is 6.03 Å². The number of carbonyl (C=O) groups is 2. The number of urea groups is 1.